The van der Waals surface area contributed by atoms with Gasteiger partial charge in [-0.2, -0.15) is 5.10 Å². The first-order valence-electron chi connectivity index (χ1n) is 11.3. The Morgan fingerprint density at radius 3 is 2.76 bits per heavy atom. The normalized spacial score (nSPS) is 19.2. The van der Waals surface area contributed by atoms with Crippen LogP contribution in [0.3, 0.4) is 0 Å². The number of fused-ring (bicyclic) bond motifs is 1. The Balaban J connectivity index is 1.42. The van der Waals surface area contributed by atoms with E-state index in [0.29, 0.717) is 18.5 Å². The molecular weight excluding hydrogens is 424 g/mol. The van der Waals surface area contributed by atoms with Crippen molar-refractivity contribution < 1.29 is 4.74 Å². The van der Waals surface area contributed by atoms with Gasteiger partial charge in [0.05, 0.1) is 18.3 Å². The van der Waals surface area contributed by atoms with Gasteiger partial charge in [-0.25, -0.2) is 9.97 Å². The molecule has 0 spiro atoms. The van der Waals surface area contributed by atoms with Crippen molar-refractivity contribution in [2.24, 2.45) is 13.0 Å². The van der Waals surface area contributed by atoms with Crippen LogP contribution in [0.1, 0.15) is 18.9 Å². The molecule has 2 aromatic carbocycles. The highest BCUT2D eigenvalue weighted by atomic mass is 16.5. The van der Waals surface area contributed by atoms with Crippen LogP contribution in [0.4, 0.5) is 11.6 Å². The Hall–Kier alpha value is -3.89. The molecule has 34 heavy (non-hydrogen) atoms. The van der Waals surface area contributed by atoms with Crippen LogP contribution >= 0.6 is 0 Å². The van der Waals surface area contributed by atoms with E-state index >= 15 is 0 Å². The van der Waals surface area contributed by atoms with Crippen LogP contribution in [-0.4, -0.2) is 50.9 Å². The molecule has 2 atom stereocenters. The first kappa shape index (κ1) is 21.9. The van der Waals surface area contributed by atoms with Crippen molar-refractivity contribution in [2.75, 3.05) is 26.0 Å². The van der Waals surface area contributed by atoms with Gasteiger partial charge in [-0.05, 0) is 63.3 Å². The van der Waals surface area contributed by atoms with E-state index in [9.17, 15) is 0 Å². The zero-order valence-corrected chi connectivity index (χ0v) is 19.9. The number of benzene rings is 2. The summed E-state index contributed by atoms with van der Waals surface area (Å²) in [5.41, 5.74) is 4.72. The van der Waals surface area contributed by atoms with Crippen molar-refractivity contribution >= 4 is 22.5 Å². The first-order chi connectivity index (χ1) is 16.3. The van der Waals surface area contributed by atoms with Crippen LogP contribution in [-0.2, 0) is 7.05 Å². The Kier molecular flexibility index (Phi) is 5.46. The molecule has 1 N–H and O–H groups in total. The molecular formula is C27H28N6O. The molecule has 1 saturated carbocycles. The third-order valence-corrected chi connectivity index (χ3v) is 6.80. The van der Waals surface area contributed by atoms with E-state index in [-0.39, 0.29) is 5.54 Å². The molecule has 0 saturated heterocycles. The predicted octanol–water partition coefficient (Wildman–Crippen LogP) is 4.47. The van der Waals surface area contributed by atoms with Crippen LogP contribution in [0.15, 0.2) is 55.0 Å². The molecule has 0 amide bonds. The summed E-state index contributed by atoms with van der Waals surface area (Å²) in [6, 6.07) is 11.8. The van der Waals surface area contributed by atoms with Crippen molar-refractivity contribution in [3.63, 3.8) is 0 Å². The number of nitrogens with one attached hydrogen (secondary N) is 1. The SMILES string of the molecule is C#Cc1ccc2nc(Nc3cc(OCC4C[C@@]4(C)N(C)C)cc(-c4cnn(C)c4)c3)ncc2c1. The summed E-state index contributed by atoms with van der Waals surface area (Å²) in [4.78, 5) is 11.4. The molecule has 0 bridgehead atoms. The molecule has 0 aliphatic heterocycles. The van der Waals surface area contributed by atoms with Crippen molar-refractivity contribution in [3.05, 3.63) is 60.6 Å². The summed E-state index contributed by atoms with van der Waals surface area (Å²) in [6.07, 6.45) is 12.3. The number of anilines is 2. The summed E-state index contributed by atoms with van der Waals surface area (Å²) in [5.74, 6) is 4.47. The zero-order chi connectivity index (χ0) is 23.9. The topological polar surface area (TPSA) is 68.1 Å². The van der Waals surface area contributed by atoms with Gasteiger partial charge in [-0.15, -0.1) is 6.42 Å². The Labute approximate surface area is 199 Å². The maximum atomic E-state index is 6.27. The van der Waals surface area contributed by atoms with Gasteiger partial charge in [-0.3, -0.25) is 4.68 Å². The number of terminal acetylenes is 1. The van der Waals surface area contributed by atoms with Gasteiger partial charge in [0.2, 0.25) is 5.95 Å². The molecule has 5 rings (SSSR count). The third-order valence-electron chi connectivity index (χ3n) is 6.80. The van der Waals surface area contributed by atoms with E-state index < -0.39 is 0 Å². The number of aryl methyl sites for hydroxylation is 1. The third kappa shape index (κ3) is 4.33. The molecule has 2 aromatic heterocycles. The van der Waals surface area contributed by atoms with Crippen LogP contribution in [0, 0.1) is 18.3 Å². The van der Waals surface area contributed by atoms with E-state index in [1.807, 2.05) is 43.7 Å². The molecule has 1 aliphatic rings. The predicted molar refractivity (Wildman–Crippen MR) is 135 cm³/mol. The van der Waals surface area contributed by atoms with Gasteiger partial charge in [0.1, 0.15) is 5.75 Å². The number of aromatic nitrogens is 4. The highest BCUT2D eigenvalue weighted by Crippen LogP contribution is 2.47. The van der Waals surface area contributed by atoms with E-state index in [0.717, 1.165) is 45.5 Å². The zero-order valence-electron chi connectivity index (χ0n) is 19.9. The summed E-state index contributed by atoms with van der Waals surface area (Å²) in [5, 5.41) is 8.57. The smallest absolute Gasteiger partial charge is 0.227 e. The fourth-order valence-corrected chi connectivity index (χ4v) is 4.23. The summed E-state index contributed by atoms with van der Waals surface area (Å²) < 4.78 is 8.06. The van der Waals surface area contributed by atoms with Crippen molar-refractivity contribution in [3.8, 4) is 29.2 Å². The van der Waals surface area contributed by atoms with Crippen LogP contribution < -0.4 is 10.1 Å². The minimum Gasteiger partial charge on any atom is -0.493 e. The van der Waals surface area contributed by atoms with Gasteiger partial charge in [0, 0.05) is 59.2 Å². The number of ether oxygens (including phenoxy) is 1. The molecule has 0 radical (unpaired) electrons. The molecule has 7 nitrogen and oxygen atoms in total. The first-order valence-corrected chi connectivity index (χ1v) is 11.3. The minimum atomic E-state index is 0.209. The molecule has 2 heterocycles. The largest absolute Gasteiger partial charge is 0.493 e. The molecule has 4 aromatic rings. The summed E-state index contributed by atoms with van der Waals surface area (Å²) in [6.45, 7) is 2.96. The monoisotopic (exact) mass is 452 g/mol. The van der Waals surface area contributed by atoms with E-state index in [4.69, 9.17) is 11.2 Å². The average Bonchev–Trinajstić information content (AvgIpc) is 3.31. The quantitative estimate of drug-likeness (QED) is 0.417. The minimum absolute atomic E-state index is 0.209. The fourth-order valence-electron chi connectivity index (χ4n) is 4.23. The molecule has 1 fully saturated rings. The van der Waals surface area contributed by atoms with Crippen molar-refractivity contribution in [1.29, 1.82) is 0 Å². The average molecular weight is 453 g/mol. The lowest BCUT2D eigenvalue weighted by Crippen LogP contribution is -2.30. The number of rotatable bonds is 7. The van der Waals surface area contributed by atoms with Crippen LogP contribution in [0.5, 0.6) is 5.75 Å². The Morgan fingerprint density at radius 2 is 2.06 bits per heavy atom. The molecule has 7 heteroatoms. The highest BCUT2D eigenvalue weighted by molar-refractivity contribution is 5.81. The summed E-state index contributed by atoms with van der Waals surface area (Å²) in [7, 11) is 6.16. The van der Waals surface area contributed by atoms with Gasteiger partial charge < -0.3 is 15.0 Å². The number of hydrogen-bond acceptors (Lipinski definition) is 6. The standard InChI is InChI=1S/C27H28N6O/c1-6-18-7-8-25-20(9-18)14-28-26(31-25)30-23-10-19(21-15-29-33(5)16-21)11-24(12-23)34-17-22-13-27(22,2)32(3)4/h1,7-12,14-16,22H,13,17H2,2-5H3,(H,28,30,31)/t22?,27-/m1/s1. The van der Waals surface area contributed by atoms with Gasteiger partial charge >= 0.3 is 0 Å². The fraction of sp³-hybridized carbons (Fsp3) is 0.296. The Morgan fingerprint density at radius 1 is 1.21 bits per heavy atom. The molecule has 1 unspecified atom stereocenters. The second kappa shape index (κ2) is 8.47. The summed E-state index contributed by atoms with van der Waals surface area (Å²) >= 11 is 0. The maximum absolute atomic E-state index is 6.27. The molecule has 1 aliphatic carbocycles. The molecule has 172 valence electrons. The van der Waals surface area contributed by atoms with E-state index in [1.54, 1.807) is 10.9 Å². The van der Waals surface area contributed by atoms with E-state index in [1.165, 1.54) is 0 Å². The van der Waals surface area contributed by atoms with Crippen LogP contribution in [0.25, 0.3) is 22.0 Å². The number of hydrogen-bond donors (Lipinski definition) is 1. The lowest BCUT2D eigenvalue weighted by molar-refractivity contribution is 0.224. The van der Waals surface area contributed by atoms with E-state index in [2.05, 4.69) is 64.4 Å². The van der Waals surface area contributed by atoms with Gasteiger partial charge in [-0.1, -0.05) is 5.92 Å². The maximum Gasteiger partial charge on any atom is 0.227 e. The number of nitrogens with zero attached hydrogens (tertiary/aromatic N) is 5. The lowest BCUT2D eigenvalue weighted by atomic mass is 10.1. The lowest BCUT2D eigenvalue weighted by Gasteiger charge is -2.20. The second-order valence-electron chi connectivity index (χ2n) is 9.35. The van der Waals surface area contributed by atoms with Crippen molar-refractivity contribution in [2.45, 2.75) is 18.9 Å². The van der Waals surface area contributed by atoms with Crippen molar-refractivity contribution in [1.82, 2.24) is 24.6 Å². The van der Waals surface area contributed by atoms with Gasteiger partial charge in [0.15, 0.2) is 0 Å². The Bertz CT molecular complexity index is 1400. The second-order valence-corrected chi connectivity index (χ2v) is 9.35. The highest BCUT2D eigenvalue weighted by Gasteiger charge is 2.52. The van der Waals surface area contributed by atoms with Crippen LogP contribution in [0.2, 0.25) is 0 Å². The van der Waals surface area contributed by atoms with Gasteiger partial charge in [0.25, 0.3) is 0 Å².